The Morgan fingerprint density at radius 1 is 1.07 bits per heavy atom. The molecule has 3 heterocycles. The monoisotopic (exact) mass is 628 g/mol. The lowest BCUT2D eigenvalue weighted by molar-refractivity contribution is -0.166. The summed E-state index contributed by atoms with van der Waals surface area (Å²) in [5, 5.41) is 24.8. The van der Waals surface area contributed by atoms with E-state index in [4.69, 9.17) is 4.74 Å². The van der Waals surface area contributed by atoms with Gasteiger partial charge in [0.25, 0.3) is 5.56 Å². The highest BCUT2D eigenvalue weighted by molar-refractivity contribution is 5.94. The van der Waals surface area contributed by atoms with Crippen molar-refractivity contribution in [2.24, 2.45) is 11.8 Å². The number of rotatable bonds is 14. The van der Waals surface area contributed by atoms with E-state index >= 15 is 0 Å². The Hall–Kier alpha value is -4.54. The molecule has 4 aromatic rings. The van der Waals surface area contributed by atoms with Crippen LogP contribution in [0.15, 0.2) is 59.5 Å². The van der Waals surface area contributed by atoms with Gasteiger partial charge in [0.2, 0.25) is 5.82 Å². The number of ether oxygens (including phenoxy) is 1. The second-order valence-corrected chi connectivity index (χ2v) is 12.5. The van der Waals surface area contributed by atoms with Gasteiger partial charge >= 0.3 is 11.9 Å². The number of hydrogen-bond donors (Lipinski definition) is 2. The van der Waals surface area contributed by atoms with Crippen LogP contribution in [0.4, 0.5) is 0 Å². The van der Waals surface area contributed by atoms with Gasteiger partial charge in [-0.15, -0.1) is 10.2 Å². The summed E-state index contributed by atoms with van der Waals surface area (Å²) in [4.78, 5) is 40.0. The molecule has 0 radical (unpaired) electrons. The standard InChI is InChI=1S/C35H44N6O5/c1-5-7-8-13-29(31(34(43)44)35(45)46-23(4)6-2)30-19-14-22(3)40-21-26(33(42)41(30)40)20-24-15-17-25(18-16-24)27-11-9-10-12-28(27)32-36-38-39-37-32/h9-12,15-18,21-23,29-31H,5-8,13-14,19-20H2,1-4H3,(H,43,44)(H,36,37,38,39). The molecule has 2 aromatic carbocycles. The van der Waals surface area contributed by atoms with Gasteiger partial charge < -0.3 is 9.84 Å². The number of hydrogen-bond acceptors (Lipinski definition) is 7. The van der Waals surface area contributed by atoms with Crippen LogP contribution >= 0.6 is 0 Å². The predicted molar refractivity (Wildman–Crippen MR) is 174 cm³/mol. The van der Waals surface area contributed by atoms with E-state index in [1.54, 1.807) is 11.6 Å². The fraction of sp³-hybridized carbons (Fsp3) is 0.486. The Morgan fingerprint density at radius 3 is 2.46 bits per heavy atom. The number of carbonyl (C=O) groups is 2. The van der Waals surface area contributed by atoms with Gasteiger partial charge in [0, 0.05) is 35.7 Å². The zero-order chi connectivity index (χ0) is 32.8. The Kier molecular flexibility index (Phi) is 10.5. The first kappa shape index (κ1) is 32.8. The topological polar surface area (TPSA) is 145 Å². The Bertz CT molecular complexity index is 1680. The maximum Gasteiger partial charge on any atom is 0.320 e. The van der Waals surface area contributed by atoms with Crippen molar-refractivity contribution in [1.82, 2.24) is 30.0 Å². The molecule has 1 aliphatic rings. The summed E-state index contributed by atoms with van der Waals surface area (Å²) in [7, 11) is 0. The molecule has 0 aliphatic carbocycles. The molecule has 0 saturated heterocycles. The van der Waals surface area contributed by atoms with Crippen molar-refractivity contribution in [2.75, 3.05) is 0 Å². The van der Waals surface area contributed by atoms with Gasteiger partial charge in [-0.25, -0.2) is 4.68 Å². The van der Waals surface area contributed by atoms with E-state index in [1.807, 2.05) is 66.3 Å². The van der Waals surface area contributed by atoms with E-state index in [-0.39, 0.29) is 17.7 Å². The number of benzene rings is 2. The molecule has 11 nitrogen and oxygen atoms in total. The third-order valence-electron chi connectivity index (χ3n) is 9.31. The normalized spacial score (nSPS) is 18.0. The van der Waals surface area contributed by atoms with E-state index in [0.29, 0.717) is 37.1 Å². The summed E-state index contributed by atoms with van der Waals surface area (Å²) in [5.41, 5.74) is 4.31. The fourth-order valence-corrected chi connectivity index (χ4v) is 6.63. The van der Waals surface area contributed by atoms with Gasteiger partial charge in [-0.1, -0.05) is 81.6 Å². The van der Waals surface area contributed by atoms with Crippen LogP contribution < -0.4 is 5.56 Å². The van der Waals surface area contributed by atoms with E-state index < -0.39 is 29.8 Å². The molecule has 5 unspecified atom stereocenters. The molecule has 46 heavy (non-hydrogen) atoms. The van der Waals surface area contributed by atoms with Crippen molar-refractivity contribution < 1.29 is 19.4 Å². The van der Waals surface area contributed by atoms with Gasteiger partial charge in [0.1, 0.15) is 0 Å². The average Bonchev–Trinajstić information content (AvgIpc) is 3.70. The smallest absolute Gasteiger partial charge is 0.320 e. The number of esters is 1. The second kappa shape index (κ2) is 14.7. The van der Waals surface area contributed by atoms with Crippen LogP contribution in [0.1, 0.15) is 95.9 Å². The number of fused-ring (bicyclic) bond motifs is 1. The van der Waals surface area contributed by atoms with Gasteiger partial charge in [-0.2, -0.15) is 5.21 Å². The lowest BCUT2D eigenvalue weighted by Crippen LogP contribution is -2.44. The molecule has 0 amide bonds. The number of aromatic amines is 1. The molecular formula is C35H44N6O5. The Balaban J connectivity index is 1.45. The fourth-order valence-electron chi connectivity index (χ4n) is 6.63. The number of carboxylic acids is 1. The molecule has 0 spiro atoms. The number of aromatic nitrogens is 6. The number of nitrogens with one attached hydrogen (secondary N) is 1. The zero-order valence-corrected chi connectivity index (χ0v) is 27.1. The van der Waals surface area contributed by atoms with Crippen LogP contribution in [0.3, 0.4) is 0 Å². The third kappa shape index (κ3) is 6.98. The average molecular weight is 629 g/mol. The van der Waals surface area contributed by atoms with Gasteiger partial charge in [0.15, 0.2) is 5.92 Å². The molecule has 11 heteroatoms. The highest BCUT2D eigenvalue weighted by Crippen LogP contribution is 2.39. The molecule has 2 N–H and O–H groups in total. The van der Waals surface area contributed by atoms with Crippen LogP contribution in [0, 0.1) is 11.8 Å². The van der Waals surface area contributed by atoms with Crippen molar-refractivity contribution in [3.05, 3.63) is 76.2 Å². The molecule has 5 atom stereocenters. The van der Waals surface area contributed by atoms with Crippen molar-refractivity contribution in [3.8, 4) is 22.5 Å². The summed E-state index contributed by atoms with van der Waals surface area (Å²) in [6.07, 6.45) is 7.14. The van der Waals surface area contributed by atoms with Crippen LogP contribution in [-0.4, -0.2) is 53.1 Å². The summed E-state index contributed by atoms with van der Waals surface area (Å²) in [6.45, 7) is 7.83. The van der Waals surface area contributed by atoms with Crippen LogP contribution in [-0.2, 0) is 20.7 Å². The molecule has 5 rings (SSSR count). The molecule has 2 aromatic heterocycles. The summed E-state index contributed by atoms with van der Waals surface area (Å²) >= 11 is 0. The Labute approximate surface area is 269 Å². The SMILES string of the molecule is CCCCCC(C(C(=O)O)C(=O)OC(C)CC)C1CCC(C)n2cc(Cc3ccc(-c4ccccc4-c4nn[nH]n4)cc3)c(=O)n21. The van der Waals surface area contributed by atoms with Crippen molar-refractivity contribution >= 4 is 11.9 Å². The van der Waals surface area contributed by atoms with Crippen LogP contribution in [0.25, 0.3) is 22.5 Å². The van der Waals surface area contributed by atoms with Gasteiger partial charge in [0.05, 0.1) is 12.1 Å². The van der Waals surface area contributed by atoms with Gasteiger partial charge in [-0.05, 0) is 61.4 Å². The van der Waals surface area contributed by atoms with E-state index in [9.17, 15) is 19.5 Å². The summed E-state index contributed by atoms with van der Waals surface area (Å²) in [6, 6.07) is 15.6. The first-order chi connectivity index (χ1) is 22.2. The van der Waals surface area contributed by atoms with Crippen molar-refractivity contribution in [3.63, 3.8) is 0 Å². The van der Waals surface area contributed by atoms with Crippen LogP contribution in [0.5, 0.6) is 0 Å². The number of H-pyrrole nitrogens is 1. The Morgan fingerprint density at radius 2 is 1.80 bits per heavy atom. The maximum atomic E-state index is 14.1. The van der Waals surface area contributed by atoms with Crippen molar-refractivity contribution in [1.29, 1.82) is 0 Å². The van der Waals surface area contributed by atoms with Crippen molar-refractivity contribution in [2.45, 2.75) is 97.2 Å². The maximum absolute atomic E-state index is 14.1. The minimum Gasteiger partial charge on any atom is -0.481 e. The second-order valence-electron chi connectivity index (χ2n) is 12.5. The van der Waals surface area contributed by atoms with E-state index in [0.717, 1.165) is 47.9 Å². The molecule has 0 fully saturated rings. The largest absolute Gasteiger partial charge is 0.481 e. The lowest BCUT2D eigenvalue weighted by atomic mass is 9.79. The quantitative estimate of drug-likeness (QED) is 0.0951. The minimum atomic E-state index is -1.34. The van der Waals surface area contributed by atoms with Gasteiger partial charge in [-0.3, -0.25) is 19.1 Å². The number of aliphatic carboxylic acids is 1. The molecule has 1 aliphatic heterocycles. The summed E-state index contributed by atoms with van der Waals surface area (Å²) in [5.74, 6) is -3.30. The number of tetrazole rings is 1. The number of carboxylic acid groups (broad SMARTS) is 1. The van der Waals surface area contributed by atoms with E-state index in [2.05, 4.69) is 34.5 Å². The predicted octanol–water partition coefficient (Wildman–Crippen LogP) is 6.22. The minimum absolute atomic E-state index is 0.0633. The highest BCUT2D eigenvalue weighted by atomic mass is 16.5. The number of unbranched alkanes of at least 4 members (excludes halogenated alkanes) is 2. The van der Waals surface area contributed by atoms with E-state index in [1.165, 1.54) is 0 Å². The molecule has 0 saturated carbocycles. The zero-order valence-electron chi connectivity index (χ0n) is 27.1. The third-order valence-corrected chi connectivity index (χ3v) is 9.31. The summed E-state index contributed by atoms with van der Waals surface area (Å²) < 4.78 is 9.27. The number of nitrogens with zero attached hydrogens (tertiary/aromatic N) is 5. The first-order valence-electron chi connectivity index (χ1n) is 16.4. The first-order valence-corrected chi connectivity index (χ1v) is 16.4. The number of carbonyl (C=O) groups excluding carboxylic acids is 1. The lowest BCUT2D eigenvalue weighted by Gasteiger charge is -2.38. The molecule has 0 bridgehead atoms. The van der Waals surface area contributed by atoms with Crippen LogP contribution in [0.2, 0.25) is 0 Å². The molecular weight excluding hydrogens is 584 g/mol. The molecule has 244 valence electrons. The highest BCUT2D eigenvalue weighted by Gasteiger charge is 2.44.